The number of amides is 1. The summed E-state index contributed by atoms with van der Waals surface area (Å²) in [6.07, 6.45) is 0.349. The van der Waals surface area contributed by atoms with Crippen LogP contribution in [0, 0.1) is 0 Å². The van der Waals surface area contributed by atoms with Crippen LogP contribution < -0.4 is 5.32 Å². The summed E-state index contributed by atoms with van der Waals surface area (Å²) >= 11 is 12.1. The van der Waals surface area contributed by atoms with Gasteiger partial charge in [0.1, 0.15) is 5.69 Å². The van der Waals surface area contributed by atoms with Crippen molar-refractivity contribution < 1.29 is 14.7 Å². The van der Waals surface area contributed by atoms with Crippen LogP contribution in [0.3, 0.4) is 0 Å². The number of hydrogen-bond acceptors (Lipinski definition) is 2. The summed E-state index contributed by atoms with van der Waals surface area (Å²) in [7, 11) is 0. The summed E-state index contributed by atoms with van der Waals surface area (Å²) < 4.78 is 0. The van der Waals surface area contributed by atoms with Crippen molar-refractivity contribution >= 4 is 46.0 Å². The zero-order valence-corrected chi connectivity index (χ0v) is 12.8. The first-order valence-corrected chi connectivity index (χ1v) is 7.13. The third kappa shape index (κ3) is 3.68. The average Bonchev–Trinajstić information content (AvgIpc) is 2.74. The Balaban J connectivity index is 2.16. The summed E-state index contributed by atoms with van der Waals surface area (Å²) in [5.74, 6) is -1.26. The highest BCUT2D eigenvalue weighted by molar-refractivity contribution is 6.39. The summed E-state index contributed by atoms with van der Waals surface area (Å²) in [6.45, 7) is 1.74. The van der Waals surface area contributed by atoms with Crippen LogP contribution in [-0.4, -0.2) is 28.0 Å². The maximum absolute atomic E-state index is 12.2. The number of nitrogens with one attached hydrogen (secondary N) is 2. The number of fused-ring (bicyclic) bond motifs is 1. The lowest BCUT2D eigenvalue weighted by atomic mass is 10.2. The van der Waals surface area contributed by atoms with Gasteiger partial charge >= 0.3 is 5.97 Å². The second-order valence-corrected chi connectivity index (χ2v) is 5.63. The maximum atomic E-state index is 12.2. The Morgan fingerprint density at radius 2 is 2.10 bits per heavy atom. The third-order valence-corrected chi connectivity index (χ3v) is 3.72. The van der Waals surface area contributed by atoms with Gasteiger partial charge in [-0.2, -0.15) is 0 Å². The van der Waals surface area contributed by atoms with E-state index in [9.17, 15) is 9.59 Å². The molecular formula is C14H14Cl2N2O3. The lowest BCUT2D eigenvalue weighted by Crippen LogP contribution is -2.33. The van der Waals surface area contributed by atoms with E-state index in [0.29, 0.717) is 27.4 Å². The molecule has 0 fully saturated rings. The predicted molar refractivity (Wildman–Crippen MR) is 82.1 cm³/mol. The molecule has 3 N–H and O–H groups in total. The predicted octanol–water partition coefficient (Wildman–Crippen LogP) is 3.46. The number of carboxylic acid groups (broad SMARTS) is 1. The van der Waals surface area contributed by atoms with Gasteiger partial charge in [0.05, 0.1) is 5.02 Å². The Labute approximate surface area is 131 Å². The van der Waals surface area contributed by atoms with Crippen molar-refractivity contribution in [3.8, 4) is 0 Å². The molecule has 0 aliphatic rings. The Morgan fingerprint density at radius 1 is 1.38 bits per heavy atom. The Hall–Kier alpha value is -1.72. The lowest BCUT2D eigenvalue weighted by Gasteiger charge is -2.12. The van der Waals surface area contributed by atoms with Crippen molar-refractivity contribution in [3.05, 3.63) is 33.9 Å². The zero-order chi connectivity index (χ0) is 15.6. The van der Waals surface area contributed by atoms with Crippen molar-refractivity contribution in [2.45, 2.75) is 25.8 Å². The van der Waals surface area contributed by atoms with E-state index in [-0.39, 0.29) is 24.1 Å². The van der Waals surface area contributed by atoms with E-state index in [1.165, 1.54) is 0 Å². The molecular weight excluding hydrogens is 315 g/mol. The van der Waals surface area contributed by atoms with Crippen LogP contribution in [0.2, 0.25) is 10.0 Å². The molecule has 7 heteroatoms. The van der Waals surface area contributed by atoms with Gasteiger partial charge in [-0.15, -0.1) is 0 Å². The molecule has 0 spiro atoms. The normalized spacial score (nSPS) is 12.3. The molecule has 0 saturated heterocycles. The van der Waals surface area contributed by atoms with Crippen molar-refractivity contribution in [3.63, 3.8) is 0 Å². The van der Waals surface area contributed by atoms with E-state index in [0.717, 1.165) is 0 Å². The molecule has 0 aliphatic carbocycles. The minimum absolute atomic E-state index is 0.00249. The van der Waals surface area contributed by atoms with Crippen LogP contribution in [0.4, 0.5) is 0 Å². The molecule has 21 heavy (non-hydrogen) atoms. The van der Waals surface area contributed by atoms with Crippen LogP contribution in [0.25, 0.3) is 10.9 Å². The molecule has 0 radical (unpaired) electrons. The number of aromatic amines is 1. The molecule has 1 aromatic carbocycles. The van der Waals surface area contributed by atoms with Crippen LogP contribution >= 0.6 is 23.2 Å². The van der Waals surface area contributed by atoms with Gasteiger partial charge < -0.3 is 15.4 Å². The standard InChI is InChI=1S/C14H14Cl2N2O3/c1-7(2-5-11(19)20)17-14(21)13-12(16)9-6-8(15)3-4-10(9)18-13/h3-4,6-7,18H,2,5H2,1H3,(H,17,21)(H,19,20). The van der Waals surface area contributed by atoms with Crippen LogP contribution in [0.1, 0.15) is 30.3 Å². The Morgan fingerprint density at radius 3 is 2.76 bits per heavy atom. The van der Waals surface area contributed by atoms with Gasteiger partial charge in [-0.25, -0.2) is 0 Å². The summed E-state index contributed by atoms with van der Waals surface area (Å²) in [6, 6.07) is 4.86. The first-order valence-electron chi connectivity index (χ1n) is 6.38. The van der Waals surface area contributed by atoms with Gasteiger partial charge in [0, 0.05) is 28.4 Å². The van der Waals surface area contributed by atoms with Gasteiger partial charge in [-0.1, -0.05) is 23.2 Å². The maximum Gasteiger partial charge on any atom is 0.303 e. The minimum atomic E-state index is -0.894. The van der Waals surface area contributed by atoms with E-state index in [4.69, 9.17) is 28.3 Å². The molecule has 1 atom stereocenters. The van der Waals surface area contributed by atoms with Gasteiger partial charge in [-0.05, 0) is 31.5 Å². The molecule has 5 nitrogen and oxygen atoms in total. The quantitative estimate of drug-likeness (QED) is 0.786. The number of aliphatic carboxylic acids is 1. The highest BCUT2D eigenvalue weighted by atomic mass is 35.5. The van der Waals surface area contributed by atoms with Gasteiger partial charge in [-0.3, -0.25) is 9.59 Å². The molecule has 0 aliphatic heterocycles. The first kappa shape index (κ1) is 15.7. The lowest BCUT2D eigenvalue weighted by molar-refractivity contribution is -0.137. The van der Waals surface area contributed by atoms with E-state index in [1.807, 2.05) is 0 Å². The fourth-order valence-corrected chi connectivity index (χ4v) is 2.46. The van der Waals surface area contributed by atoms with E-state index in [2.05, 4.69) is 10.3 Å². The smallest absolute Gasteiger partial charge is 0.303 e. The molecule has 1 amide bonds. The summed E-state index contributed by atoms with van der Waals surface area (Å²) in [4.78, 5) is 25.6. The van der Waals surface area contributed by atoms with Crippen molar-refractivity contribution in [1.29, 1.82) is 0 Å². The van der Waals surface area contributed by atoms with E-state index < -0.39 is 5.97 Å². The molecule has 1 unspecified atom stereocenters. The van der Waals surface area contributed by atoms with Gasteiger partial charge in [0.25, 0.3) is 5.91 Å². The summed E-state index contributed by atoms with van der Waals surface area (Å²) in [5.41, 5.74) is 0.962. The second-order valence-electron chi connectivity index (χ2n) is 4.81. The minimum Gasteiger partial charge on any atom is -0.481 e. The SMILES string of the molecule is CC(CCC(=O)O)NC(=O)c1[nH]c2ccc(Cl)cc2c1Cl. The number of carboxylic acids is 1. The monoisotopic (exact) mass is 328 g/mol. The van der Waals surface area contributed by atoms with E-state index >= 15 is 0 Å². The van der Waals surface area contributed by atoms with Gasteiger partial charge in [0.15, 0.2) is 0 Å². The van der Waals surface area contributed by atoms with E-state index in [1.54, 1.807) is 25.1 Å². The molecule has 1 aromatic heterocycles. The zero-order valence-electron chi connectivity index (χ0n) is 11.2. The first-order chi connectivity index (χ1) is 9.88. The van der Waals surface area contributed by atoms with Gasteiger partial charge in [0.2, 0.25) is 0 Å². The number of carbonyl (C=O) groups is 2. The van der Waals surface area contributed by atoms with Crippen molar-refractivity contribution in [2.24, 2.45) is 0 Å². The van der Waals surface area contributed by atoms with Crippen LogP contribution in [0.15, 0.2) is 18.2 Å². The fraction of sp³-hybridized carbons (Fsp3) is 0.286. The number of H-pyrrole nitrogens is 1. The van der Waals surface area contributed by atoms with Crippen molar-refractivity contribution in [1.82, 2.24) is 10.3 Å². The number of rotatable bonds is 5. The number of carbonyl (C=O) groups excluding carboxylic acids is 1. The average molecular weight is 329 g/mol. The highest BCUT2D eigenvalue weighted by Gasteiger charge is 2.18. The van der Waals surface area contributed by atoms with Crippen LogP contribution in [0.5, 0.6) is 0 Å². The van der Waals surface area contributed by atoms with Crippen LogP contribution in [-0.2, 0) is 4.79 Å². The number of hydrogen-bond donors (Lipinski definition) is 3. The Bertz CT molecular complexity index is 697. The van der Waals surface area contributed by atoms with Crippen molar-refractivity contribution in [2.75, 3.05) is 0 Å². The fourth-order valence-electron chi connectivity index (χ4n) is 2.00. The molecule has 2 aromatic rings. The number of halogens is 2. The highest BCUT2D eigenvalue weighted by Crippen LogP contribution is 2.29. The topological polar surface area (TPSA) is 82.2 Å². The summed E-state index contributed by atoms with van der Waals surface area (Å²) in [5, 5.41) is 12.9. The molecule has 0 bridgehead atoms. The molecule has 1 heterocycles. The molecule has 0 saturated carbocycles. The Kier molecular flexibility index (Phi) is 4.75. The molecule has 2 rings (SSSR count). The third-order valence-electron chi connectivity index (χ3n) is 3.09. The largest absolute Gasteiger partial charge is 0.481 e. The molecule has 112 valence electrons. The number of benzene rings is 1. The number of aromatic nitrogens is 1. The second kappa shape index (κ2) is 6.37.